The van der Waals surface area contributed by atoms with Crippen molar-refractivity contribution >= 4 is 5.97 Å². The number of benzene rings is 2. The Morgan fingerprint density at radius 2 is 1.63 bits per heavy atom. The molecule has 2 saturated heterocycles. The number of allylic oxidation sites excluding steroid dienone is 2. The monoisotopic (exact) mass is 592 g/mol. The maximum absolute atomic E-state index is 12.1. The molecule has 43 heavy (non-hydrogen) atoms. The SMILES string of the molecule is O=C(CC/C=C\CC[C@@H]1[C@@H](N2CCCCC2)[C@@H](O)C[C@@H]1OCc1ccc(-c2ccccc2)cc1)OCON1CCOCC1. The standard InChI is InChI=1S/C35H48N2O6/c38-32-25-33(41-26-28-15-17-30(18-16-28)29-11-5-3-6-12-29)31(35(32)36-19-9-4-10-20-36)13-7-1-2-8-14-34(39)42-27-43-37-21-23-40-24-22-37/h1-3,5-6,11-12,15-18,31-33,35,38H,4,7-10,13-14,19-27H2/b2-1-/t31-,32-,33-,35+/m0/s1. The van der Waals surface area contributed by atoms with Gasteiger partial charge in [0, 0.05) is 37.9 Å². The smallest absolute Gasteiger partial charge is 0.308 e. The average molecular weight is 593 g/mol. The first-order valence-corrected chi connectivity index (χ1v) is 16.1. The van der Waals surface area contributed by atoms with Gasteiger partial charge in [-0.2, -0.15) is 5.06 Å². The molecule has 0 unspecified atom stereocenters. The van der Waals surface area contributed by atoms with Crippen LogP contribution >= 0.6 is 0 Å². The molecule has 234 valence electrons. The minimum atomic E-state index is -0.369. The lowest BCUT2D eigenvalue weighted by Crippen LogP contribution is -2.47. The maximum Gasteiger partial charge on any atom is 0.308 e. The molecule has 3 aliphatic rings. The van der Waals surface area contributed by atoms with E-state index in [9.17, 15) is 9.90 Å². The molecule has 2 heterocycles. The van der Waals surface area contributed by atoms with Crippen LogP contribution in [0.5, 0.6) is 0 Å². The van der Waals surface area contributed by atoms with Crippen molar-refractivity contribution in [2.75, 3.05) is 46.2 Å². The number of nitrogens with zero attached hydrogens (tertiary/aromatic N) is 2. The Balaban J connectivity index is 1.09. The second kappa shape index (κ2) is 17.0. The van der Waals surface area contributed by atoms with Crippen molar-refractivity contribution in [1.82, 2.24) is 9.96 Å². The number of aliphatic hydroxyl groups is 1. The largest absolute Gasteiger partial charge is 0.437 e. The van der Waals surface area contributed by atoms with Gasteiger partial charge in [-0.05, 0) is 61.9 Å². The lowest BCUT2D eigenvalue weighted by atomic mass is 9.92. The van der Waals surface area contributed by atoms with Gasteiger partial charge in [-0.3, -0.25) is 14.5 Å². The number of rotatable bonds is 14. The lowest BCUT2D eigenvalue weighted by Gasteiger charge is -2.38. The first-order chi connectivity index (χ1) is 21.2. The van der Waals surface area contributed by atoms with Gasteiger partial charge in [-0.15, -0.1) is 0 Å². The van der Waals surface area contributed by atoms with Crippen LogP contribution in [0, 0.1) is 5.92 Å². The molecule has 0 spiro atoms. The van der Waals surface area contributed by atoms with Gasteiger partial charge >= 0.3 is 5.97 Å². The van der Waals surface area contributed by atoms with E-state index >= 15 is 0 Å². The highest BCUT2D eigenvalue weighted by atomic mass is 16.8. The molecule has 3 fully saturated rings. The molecule has 2 aromatic rings. The quantitative estimate of drug-likeness (QED) is 0.179. The Kier molecular flexibility index (Phi) is 12.6. The van der Waals surface area contributed by atoms with Crippen LogP contribution < -0.4 is 0 Å². The molecule has 0 bridgehead atoms. The maximum atomic E-state index is 12.1. The van der Waals surface area contributed by atoms with Gasteiger partial charge in [0.15, 0.2) is 0 Å². The third-order valence-electron chi connectivity index (χ3n) is 8.90. The highest BCUT2D eigenvalue weighted by molar-refractivity contribution is 5.69. The summed E-state index contributed by atoms with van der Waals surface area (Å²) in [5.74, 6) is 0.0101. The van der Waals surface area contributed by atoms with Crippen LogP contribution in [-0.2, 0) is 30.4 Å². The molecule has 1 aliphatic carbocycles. The molecule has 8 heteroatoms. The fourth-order valence-corrected chi connectivity index (χ4v) is 6.60. The summed E-state index contributed by atoms with van der Waals surface area (Å²) in [6.45, 7) is 5.24. The van der Waals surface area contributed by atoms with Crippen molar-refractivity contribution in [2.45, 2.75) is 76.2 Å². The van der Waals surface area contributed by atoms with Crippen molar-refractivity contribution in [3.63, 3.8) is 0 Å². The van der Waals surface area contributed by atoms with Crippen molar-refractivity contribution in [1.29, 1.82) is 0 Å². The molecule has 0 amide bonds. The van der Waals surface area contributed by atoms with Crippen LogP contribution in [0.3, 0.4) is 0 Å². The third-order valence-corrected chi connectivity index (χ3v) is 8.90. The summed E-state index contributed by atoms with van der Waals surface area (Å²) in [5.41, 5.74) is 3.56. The molecule has 4 atom stereocenters. The number of hydrogen-bond acceptors (Lipinski definition) is 8. The van der Waals surface area contributed by atoms with Crippen molar-refractivity contribution in [3.05, 3.63) is 72.3 Å². The Bertz CT molecular complexity index is 1110. The molecule has 2 aromatic carbocycles. The number of likely N-dealkylation sites (tertiary alicyclic amines) is 1. The Hall–Kier alpha value is -2.59. The molecule has 1 saturated carbocycles. The lowest BCUT2D eigenvalue weighted by molar-refractivity contribution is -0.242. The van der Waals surface area contributed by atoms with E-state index in [0.29, 0.717) is 52.2 Å². The van der Waals surface area contributed by atoms with Crippen LogP contribution in [0.2, 0.25) is 0 Å². The zero-order valence-corrected chi connectivity index (χ0v) is 25.4. The van der Waals surface area contributed by atoms with Gasteiger partial charge in [-0.25, -0.2) is 0 Å². The molecule has 2 aliphatic heterocycles. The van der Waals surface area contributed by atoms with Gasteiger partial charge in [0.2, 0.25) is 6.79 Å². The number of morpholine rings is 1. The van der Waals surface area contributed by atoms with Crippen LogP contribution in [0.25, 0.3) is 11.1 Å². The van der Waals surface area contributed by atoms with Crippen molar-refractivity contribution < 1.29 is 28.9 Å². The van der Waals surface area contributed by atoms with Gasteiger partial charge in [0.25, 0.3) is 0 Å². The van der Waals surface area contributed by atoms with Crippen LogP contribution in [0.15, 0.2) is 66.7 Å². The summed E-state index contributed by atoms with van der Waals surface area (Å²) < 4.78 is 17.0. The zero-order valence-electron chi connectivity index (χ0n) is 25.4. The number of hydrogen-bond donors (Lipinski definition) is 1. The van der Waals surface area contributed by atoms with Crippen LogP contribution in [-0.4, -0.2) is 85.5 Å². The van der Waals surface area contributed by atoms with E-state index in [1.54, 1.807) is 5.06 Å². The molecule has 0 aromatic heterocycles. The summed E-state index contributed by atoms with van der Waals surface area (Å²) in [7, 11) is 0. The zero-order chi connectivity index (χ0) is 29.7. The summed E-state index contributed by atoms with van der Waals surface area (Å²) >= 11 is 0. The number of ether oxygens (including phenoxy) is 3. The first-order valence-electron chi connectivity index (χ1n) is 16.1. The number of carbonyl (C=O) groups is 1. The number of aliphatic hydroxyl groups excluding tert-OH is 1. The van der Waals surface area contributed by atoms with Gasteiger partial charge in [0.05, 0.1) is 32.0 Å². The minimum absolute atomic E-state index is 0.0190. The highest BCUT2D eigenvalue weighted by Gasteiger charge is 2.45. The van der Waals surface area contributed by atoms with Crippen molar-refractivity contribution in [3.8, 4) is 11.1 Å². The predicted molar refractivity (Wildman–Crippen MR) is 166 cm³/mol. The summed E-state index contributed by atoms with van der Waals surface area (Å²) in [6.07, 6.45) is 11.0. The van der Waals surface area contributed by atoms with E-state index in [1.165, 1.54) is 30.4 Å². The van der Waals surface area contributed by atoms with E-state index in [1.807, 2.05) is 6.07 Å². The summed E-state index contributed by atoms with van der Waals surface area (Å²) in [4.78, 5) is 20.0. The molecular formula is C35H48N2O6. The Morgan fingerprint density at radius 3 is 2.40 bits per heavy atom. The number of esters is 1. The molecule has 0 radical (unpaired) electrons. The van der Waals surface area contributed by atoms with E-state index in [2.05, 4.69) is 65.6 Å². The van der Waals surface area contributed by atoms with Gasteiger partial charge in [0.1, 0.15) is 0 Å². The normalized spacial score (nSPS) is 25.3. The fraction of sp³-hybridized carbons (Fsp3) is 0.571. The molecule has 8 nitrogen and oxygen atoms in total. The molecule has 1 N–H and O–H groups in total. The topological polar surface area (TPSA) is 80.7 Å². The van der Waals surface area contributed by atoms with E-state index < -0.39 is 0 Å². The van der Waals surface area contributed by atoms with Gasteiger partial charge < -0.3 is 19.3 Å². The van der Waals surface area contributed by atoms with Crippen molar-refractivity contribution in [2.24, 2.45) is 5.92 Å². The summed E-state index contributed by atoms with van der Waals surface area (Å²) in [5, 5.41) is 13.0. The average Bonchev–Trinajstić information content (AvgIpc) is 3.37. The first kappa shape index (κ1) is 31.8. The second-order valence-corrected chi connectivity index (χ2v) is 11.9. The van der Waals surface area contributed by atoms with E-state index in [0.717, 1.165) is 31.5 Å². The predicted octanol–water partition coefficient (Wildman–Crippen LogP) is 5.36. The fourth-order valence-electron chi connectivity index (χ4n) is 6.60. The van der Waals surface area contributed by atoms with E-state index in [-0.39, 0.29) is 36.9 Å². The van der Waals surface area contributed by atoms with E-state index in [4.69, 9.17) is 19.0 Å². The number of carbonyl (C=O) groups excluding carboxylic acids is 1. The van der Waals surface area contributed by atoms with Gasteiger partial charge in [-0.1, -0.05) is 73.2 Å². The third kappa shape index (κ3) is 9.70. The molecule has 5 rings (SSSR count). The Morgan fingerprint density at radius 1 is 0.907 bits per heavy atom. The molecular weight excluding hydrogens is 544 g/mol. The minimum Gasteiger partial charge on any atom is -0.437 e. The van der Waals surface area contributed by atoms with Crippen LogP contribution in [0.4, 0.5) is 0 Å². The highest BCUT2D eigenvalue weighted by Crippen LogP contribution is 2.38. The summed E-state index contributed by atoms with van der Waals surface area (Å²) in [6, 6.07) is 19.1. The second-order valence-electron chi connectivity index (χ2n) is 11.9. The number of piperidine rings is 1. The van der Waals surface area contributed by atoms with Crippen LogP contribution in [0.1, 0.15) is 56.9 Å². The Labute approximate surface area is 256 Å². The number of hydroxylamine groups is 2.